The van der Waals surface area contributed by atoms with Crippen molar-refractivity contribution in [2.24, 2.45) is 0 Å². The maximum Gasteiger partial charge on any atom is 0.117 e. The van der Waals surface area contributed by atoms with Crippen molar-refractivity contribution in [3.63, 3.8) is 0 Å². The lowest BCUT2D eigenvalue weighted by Gasteiger charge is -2.38. The maximum atomic E-state index is 2.57. The first kappa shape index (κ1) is 25.6. The molecule has 0 bridgehead atoms. The molecule has 0 amide bonds. The van der Waals surface area contributed by atoms with E-state index in [1.807, 2.05) is 0 Å². The molecule has 4 rings (SSSR count). The van der Waals surface area contributed by atoms with Gasteiger partial charge in [-0.3, -0.25) is 0 Å². The Bertz CT molecular complexity index is 1070. The molecule has 0 N–H and O–H groups in total. The van der Waals surface area contributed by atoms with Crippen molar-refractivity contribution < 1.29 is 0 Å². The summed E-state index contributed by atoms with van der Waals surface area (Å²) >= 11 is 0. The van der Waals surface area contributed by atoms with E-state index in [-0.39, 0.29) is 0 Å². The van der Waals surface area contributed by atoms with Crippen molar-refractivity contribution >= 4 is 45.0 Å². The van der Waals surface area contributed by atoms with Gasteiger partial charge in [0, 0.05) is 0 Å². The van der Waals surface area contributed by atoms with Crippen molar-refractivity contribution in [3.05, 3.63) is 121 Å². The van der Waals surface area contributed by atoms with Gasteiger partial charge in [-0.05, 0) is 0 Å². The van der Waals surface area contributed by atoms with Gasteiger partial charge in [0.15, 0.2) is 0 Å². The Labute approximate surface area is 216 Å². The van der Waals surface area contributed by atoms with Crippen LogP contribution in [0, 0.1) is 0 Å². The SMILES string of the molecule is C[Si](C)(CC[Si](CC[Si](C)(C)c1ccccc1)(c1ccccc1)c1ccccc1)c1ccccc1. The fourth-order valence-electron chi connectivity index (χ4n) is 5.50. The maximum absolute atomic E-state index is 2.57. The third-order valence-electron chi connectivity index (χ3n) is 8.12. The van der Waals surface area contributed by atoms with Crippen molar-refractivity contribution in [2.75, 3.05) is 0 Å². The highest BCUT2D eigenvalue weighted by Gasteiger charge is 2.40. The van der Waals surface area contributed by atoms with Crippen LogP contribution in [0.15, 0.2) is 121 Å². The van der Waals surface area contributed by atoms with Crippen molar-refractivity contribution in [2.45, 2.75) is 50.4 Å². The van der Waals surface area contributed by atoms with Crippen LogP contribution in [-0.2, 0) is 0 Å². The van der Waals surface area contributed by atoms with Crippen LogP contribution in [0.5, 0.6) is 0 Å². The molecule has 0 aromatic heterocycles. The van der Waals surface area contributed by atoms with Crippen LogP contribution in [-0.4, -0.2) is 24.2 Å². The summed E-state index contributed by atoms with van der Waals surface area (Å²) in [6.45, 7) is 10.3. The van der Waals surface area contributed by atoms with Crippen LogP contribution in [0.25, 0.3) is 0 Å². The summed E-state index contributed by atoms with van der Waals surface area (Å²) in [5.74, 6) is 0. The fourth-order valence-corrected chi connectivity index (χ4v) is 20.1. The zero-order valence-corrected chi connectivity index (χ0v) is 24.9. The van der Waals surface area contributed by atoms with E-state index < -0.39 is 24.2 Å². The highest BCUT2D eigenvalue weighted by atomic mass is 28.3. The topological polar surface area (TPSA) is 0 Å². The summed E-state index contributed by atoms with van der Waals surface area (Å²) in [5, 5.41) is 6.40. The lowest BCUT2D eigenvalue weighted by molar-refractivity contribution is 1.22. The van der Waals surface area contributed by atoms with E-state index in [0.29, 0.717) is 0 Å². The standard InChI is InChI=1S/C32H40Si3/c1-33(2,29-17-9-5-10-18-29)25-27-35(31-21-13-7-14-22-31,32-23-15-8-16-24-32)28-26-34(3,4)30-19-11-6-12-20-30/h5-24H,25-28H2,1-4H3. The van der Waals surface area contributed by atoms with Crippen LogP contribution >= 0.6 is 0 Å². The minimum atomic E-state index is -1.96. The molecule has 180 valence electrons. The van der Waals surface area contributed by atoms with Gasteiger partial charge in [-0.15, -0.1) is 0 Å². The molecule has 0 aliphatic carbocycles. The van der Waals surface area contributed by atoms with E-state index in [9.17, 15) is 0 Å². The summed E-state index contributed by atoms with van der Waals surface area (Å²) in [7, 11) is -5.06. The second-order valence-electron chi connectivity index (χ2n) is 11.3. The molecule has 0 atom stereocenters. The molecule has 3 heteroatoms. The number of hydrogen-bond acceptors (Lipinski definition) is 0. The van der Waals surface area contributed by atoms with E-state index >= 15 is 0 Å². The average Bonchev–Trinajstić information content (AvgIpc) is 2.91. The summed E-state index contributed by atoms with van der Waals surface area (Å²) in [6, 6.07) is 51.1. The normalized spacial score (nSPS) is 12.5. The second-order valence-corrected chi connectivity index (χ2v) is 25.3. The largest absolute Gasteiger partial charge is 0.117 e. The van der Waals surface area contributed by atoms with Gasteiger partial charge in [0.2, 0.25) is 0 Å². The molecule has 0 spiro atoms. The van der Waals surface area contributed by atoms with E-state index in [1.165, 1.54) is 24.2 Å². The number of hydrogen-bond donors (Lipinski definition) is 0. The molecule has 0 heterocycles. The van der Waals surface area contributed by atoms with Crippen LogP contribution in [0.4, 0.5) is 0 Å². The van der Waals surface area contributed by atoms with Gasteiger partial charge < -0.3 is 0 Å². The third kappa shape index (κ3) is 6.03. The first-order chi connectivity index (χ1) is 16.8. The van der Waals surface area contributed by atoms with Gasteiger partial charge in [-0.25, -0.2) is 0 Å². The van der Waals surface area contributed by atoms with Crippen LogP contribution < -0.4 is 20.7 Å². The Morgan fingerprint density at radius 2 is 0.600 bits per heavy atom. The minimum Gasteiger partial charge on any atom is -0.0654 e. The highest BCUT2D eigenvalue weighted by Crippen LogP contribution is 2.28. The molecule has 0 aliphatic rings. The molecule has 35 heavy (non-hydrogen) atoms. The Kier molecular flexibility index (Phi) is 8.10. The fraction of sp³-hybridized carbons (Fsp3) is 0.250. The van der Waals surface area contributed by atoms with Crippen LogP contribution in [0.3, 0.4) is 0 Å². The molecule has 0 nitrogen and oxygen atoms in total. The zero-order chi connectivity index (χ0) is 24.8. The van der Waals surface area contributed by atoms with Gasteiger partial charge in [-0.1, -0.05) is 192 Å². The van der Waals surface area contributed by atoms with E-state index in [2.05, 4.69) is 148 Å². The summed E-state index contributed by atoms with van der Waals surface area (Å²) in [4.78, 5) is 0. The van der Waals surface area contributed by atoms with Crippen LogP contribution in [0.1, 0.15) is 0 Å². The lowest BCUT2D eigenvalue weighted by atomic mass is 10.4. The molecule has 0 unspecified atom stereocenters. The molecule has 0 aliphatic heterocycles. The third-order valence-corrected chi connectivity index (χ3v) is 21.0. The van der Waals surface area contributed by atoms with E-state index in [1.54, 1.807) is 20.7 Å². The lowest BCUT2D eigenvalue weighted by Crippen LogP contribution is -2.60. The number of rotatable bonds is 10. The van der Waals surface area contributed by atoms with Crippen molar-refractivity contribution in [3.8, 4) is 0 Å². The average molecular weight is 509 g/mol. The van der Waals surface area contributed by atoms with Gasteiger partial charge >= 0.3 is 0 Å². The first-order valence-electron chi connectivity index (χ1n) is 13.1. The van der Waals surface area contributed by atoms with E-state index in [4.69, 9.17) is 0 Å². The second kappa shape index (κ2) is 11.1. The molecule has 4 aromatic carbocycles. The number of benzene rings is 4. The smallest absolute Gasteiger partial charge is 0.0654 e. The molecule has 0 saturated heterocycles. The molecular formula is C32H40Si3. The molecule has 0 saturated carbocycles. The Hall–Kier alpha value is -2.47. The Morgan fingerprint density at radius 1 is 0.343 bits per heavy atom. The predicted molar refractivity (Wildman–Crippen MR) is 164 cm³/mol. The van der Waals surface area contributed by atoms with Gasteiger partial charge in [0.1, 0.15) is 8.07 Å². The summed E-state index contributed by atoms with van der Waals surface area (Å²) < 4.78 is 0. The Morgan fingerprint density at radius 3 is 0.886 bits per heavy atom. The van der Waals surface area contributed by atoms with Crippen molar-refractivity contribution in [1.29, 1.82) is 0 Å². The summed E-state index contributed by atoms with van der Waals surface area (Å²) in [6.07, 6.45) is 0. The zero-order valence-electron chi connectivity index (χ0n) is 21.9. The molecule has 0 fully saturated rings. The monoisotopic (exact) mass is 508 g/mol. The van der Waals surface area contributed by atoms with Crippen molar-refractivity contribution in [1.82, 2.24) is 0 Å². The molecule has 4 aromatic rings. The van der Waals surface area contributed by atoms with Gasteiger partial charge in [0.25, 0.3) is 0 Å². The van der Waals surface area contributed by atoms with Gasteiger partial charge in [-0.2, -0.15) is 0 Å². The minimum absolute atomic E-state index is 1.33. The molecule has 0 radical (unpaired) electrons. The van der Waals surface area contributed by atoms with E-state index in [0.717, 1.165) is 0 Å². The summed E-state index contributed by atoms with van der Waals surface area (Å²) in [5.41, 5.74) is 0. The van der Waals surface area contributed by atoms with Crippen LogP contribution in [0.2, 0.25) is 50.4 Å². The quantitative estimate of drug-likeness (QED) is 0.215. The molecular weight excluding hydrogens is 469 g/mol. The van der Waals surface area contributed by atoms with Gasteiger partial charge in [0.05, 0.1) is 16.1 Å². The Balaban J connectivity index is 1.74. The highest BCUT2D eigenvalue weighted by molar-refractivity contribution is 7.04. The first-order valence-corrected chi connectivity index (χ1v) is 21.9. The predicted octanol–water partition coefficient (Wildman–Crippen LogP) is 6.48.